The van der Waals surface area contributed by atoms with Crippen molar-refractivity contribution in [2.75, 3.05) is 6.61 Å². The summed E-state index contributed by atoms with van der Waals surface area (Å²) < 4.78 is 6.22. The molecule has 0 unspecified atom stereocenters. The molecule has 0 amide bonds. The lowest BCUT2D eigenvalue weighted by Crippen LogP contribution is -2.55. The summed E-state index contributed by atoms with van der Waals surface area (Å²) >= 11 is 0. The third-order valence-corrected chi connectivity index (χ3v) is 4.72. The fourth-order valence-electron chi connectivity index (χ4n) is 3.71. The first-order valence-electron chi connectivity index (χ1n) is 6.39. The highest BCUT2D eigenvalue weighted by Crippen LogP contribution is 2.55. The normalized spacial score (nSPS) is 43.4. The molecule has 0 aromatic heterocycles. The van der Waals surface area contributed by atoms with Gasteiger partial charge in [0.15, 0.2) is 0 Å². The van der Waals surface area contributed by atoms with Crippen LogP contribution in [0.1, 0.15) is 60.3 Å². The molecule has 0 bridgehead atoms. The van der Waals surface area contributed by atoms with Gasteiger partial charge >= 0.3 is 0 Å². The third-order valence-electron chi connectivity index (χ3n) is 4.72. The fraction of sp³-hybridized carbons (Fsp3) is 1.00. The molecule has 1 aliphatic heterocycles. The topological polar surface area (TPSA) is 9.23 Å². The predicted molar refractivity (Wildman–Crippen MR) is 63.9 cm³/mol. The van der Waals surface area contributed by atoms with E-state index in [0.717, 1.165) is 12.5 Å². The van der Waals surface area contributed by atoms with Gasteiger partial charge in [0.25, 0.3) is 0 Å². The van der Waals surface area contributed by atoms with E-state index < -0.39 is 0 Å². The van der Waals surface area contributed by atoms with Crippen molar-refractivity contribution in [3.63, 3.8) is 0 Å². The highest BCUT2D eigenvalue weighted by atomic mass is 16.5. The molecule has 0 aromatic carbocycles. The van der Waals surface area contributed by atoms with E-state index in [0.29, 0.717) is 10.8 Å². The Morgan fingerprint density at radius 1 is 1.00 bits per heavy atom. The standard InChI is InChI=1S/C14H26O/c1-12(2)9-11-13(3,4)7-6-8-14(11,5)15-10-12/h11H,6-10H2,1-5H3/t11-,14-/m1/s1. The van der Waals surface area contributed by atoms with Crippen molar-refractivity contribution in [1.82, 2.24) is 0 Å². The monoisotopic (exact) mass is 210 g/mol. The smallest absolute Gasteiger partial charge is 0.0688 e. The van der Waals surface area contributed by atoms with E-state index in [1.54, 1.807) is 0 Å². The van der Waals surface area contributed by atoms with Crippen LogP contribution < -0.4 is 0 Å². The molecule has 1 heteroatoms. The molecule has 88 valence electrons. The second-order valence-electron chi connectivity index (χ2n) is 7.36. The zero-order chi connectivity index (χ0) is 11.3. The van der Waals surface area contributed by atoms with Crippen molar-refractivity contribution in [3.05, 3.63) is 0 Å². The van der Waals surface area contributed by atoms with Gasteiger partial charge in [0, 0.05) is 0 Å². The van der Waals surface area contributed by atoms with Crippen LogP contribution in [0.2, 0.25) is 0 Å². The molecule has 0 aromatic rings. The SMILES string of the molecule is CC1(C)CO[C@]2(C)CCCC(C)(C)[C@H]2C1. The van der Waals surface area contributed by atoms with Gasteiger partial charge in [0.1, 0.15) is 0 Å². The van der Waals surface area contributed by atoms with Crippen molar-refractivity contribution in [2.45, 2.75) is 65.9 Å². The summed E-state index contributed by atoms with van der Waals surface area (Å²) in [4.78, 5) is 0. The molecular weight excluding hydrogens is 184 g/mol. The van der Waals surface area contributed by atoms with Crippen LogP contribution in [-0.4, -0.2) is 12.2 Å². The van der Waals surface area contributed by atoms with E-state index >= 15 is 0 Å². The molecule has 2 rings (SSSR count). The van der Waals surface area contributed by atoms with Crippen molar-refractivity contribution in [2.24, 2.45) is 16.7 Å². The molecule has 0 spiro atoms. The molecule has 1 nitrogen and oxygen atoms in total. The van der Waals surface area contributed by atoms with Gasteiger partial charge in [-0.2, -0.15) is 0 Å². The van der Waals surface area contributed by atoms with Crippen LogP contribution in [0.3, 0.4) is 0 Å². The average molecular weight is 210 g/mol. The van der Waals surface area contributed by atoms with Crippen LogP contribution >= 0.6 is 0 Å². The van der Waals surface area contributed by atoms with Crippen LogP contribution in [0, 0.1) is 16.7 Å². The van der Waals surface area contributed by atoms with E-state index in [1.807, 2.05) is 0 Å². The Morgan fingerprint density at radius 2 is 1.67 bits per heavy atom. The highest BCUT2D eigenvalue weighted by Gasteiger charge is 2.52. The van der Waals surface area contributed by atoms with Gasteiger partial charge < -0.3 is 4.74 Å². The predicted octanol–water partition coefficient (Wildman–Crippen LogP) is 4.02. The molecule has 1 saturated heterocycles. The van der Waals surface area contributed by atoms with E-state index in [9.17, 15) is 0 Å². The molecule has 2 fully saturated rings. The maximum absolute atomic E-state index is 6.22. The molecular formula is C14H26O. The van der Waals surface area contributed by atoms with Gasteiger partial charge in [-0.1, -0.05) is 34.1 Å². The Labute approximate surface area is 94.6 Å². The minimum Gasteiger partial charge on any atom is -0.374 e. The largest absolute Gasteiger partial charge is 0.374 e. The van der Waals surface area contributed by atoms with E-state index in [2.05, 4.69) is 34.6 Å². The highest BCUT2D eigenvalue weighted by molar-refractivity contribution is 5.01. The maximum Gasteiger partial charge on any atom is 0.0688 e. The van der Waals surface area contributed by atoms with Crippen molar-refractivity contribution in [3.8, 4) is 0 Å². The van der Waals surface area contributed by atoms with Gasteiger partial charge in [-0.25, -0.2) is 0 Å². The zero-order valence-corrected chi connectivity index (χ0v) is 11.0. The summed E-state index contributed by atoms with van der Waals surface area (Å²) in [5.41, 5.74) is 1.00. The third kappa shape index (κ3) is 1.95. The van der Waals surface area contributed by atoms with Crippen LogP contribution in [-0.2, 0) is 4.74 Å². The Hall–Kier alpha value is -0.0400. The van der Waals surface area contributed by atoms with Gasteiger partial charge in [-0.3, -0.25) is 0 Å². The lowest BCUT2D eigenvalue weighted by atomic mass is 9.56. The molecule has 1 saturated carbocycles. The van der Waals surface area contributed by atoms with Gasteiger partial charge in [0.05, 0.1) is 12.2 Å². The fourth-order valence-corrected chi connectivity index (χ4v) is 3.71. The lowest BCUT2D eigenvalue weighted by Gasteiger charge is -2.56. The number of hydrogen-bond acceptors (Lipinski definition) is 1. The minimum atomic E-state index is 0.164. The molecule has 1 heterocycles. The van der Waals surface area contributed by atoms with E-state index in [4.69, 9.17) is 4.74 Å². The van der Waals surface area contributed by atoms with Crippen LogP contribution in [0.15, 0.2) is 0 Å². The van der Waals surface area contributed by atoms with Crippen LogP contribution in [0.5, 0.6) is 0 Å². The van der Waals surface area contributed by atoms with Crippen LogP contribution in [0.4, 0.5) is 0 Å². The summed E-state index contributed by atoms with van der Waals surface area (Å²) in [6.45, 7) is 12.8. The maximum atomic E-state index is 6.22. The van der Waals surface area contributed by atoms with Gasteiger partial charge in [-0.05, 0) is 42.9 Å². The summed E-state index contributed by atoms with van der Waals surface area (Å²) in [5, 5.41) is 0. The number of hydrogen-bond donors (Lipinski definition) is 0. The molecule has 0 radical (unpaired) electrons. The quantitative estimate of drug-likeness (QED) is 0.587. The summed E-state index contributed by atoms with van der Waals surface area (Å²) in [6.07, 6.45) is 5.29. The Kier molecular flexibility index (Phi) is 2.46. The second kappa shape index (κ2) is 3.23. The summed E-state index contributed by atoms with van der Waals surface area (Å²) in [6, 6.07) is 0. The Morgan fingerprint density at radius 3 is 2.33 bits per heavy atom. The second-order valence-corrected chi connectivity index (χ2v) is 7.36. The summed E-state index contributed by atoms with van der Waals surface area (Å²) in [5.74, 6) is 0.738. The first kappa shape index (κ1) is 11.4. The average Bonchev–Trinajstić information content (AvgIpc) is 2.08. The molecule has 2 atom stereocenters. The summed E-state index contributed by atoms with van der Waals surface area (Å²) in [7, 11) is 0. The van der Waals surface area contributed by atoms with E-state index in [1.165, 1.54) is 25.7 Å². The Bertz CT molecular complexity index is 254. The zero-order valence-electron chi connectivity index (χ0n) is 11.0. The number of rotatable bonds is 0. The Balaban J connectivity index is 2.26. The van der Waals surface area contributed by atoms with Gasteiger partial charge in [-0.15, -0.1) is 0 Å². The molecule has 0 N–H and O–H groups in total. The van der Waals surface area contributed by atoms with E-state index in [-0.39, 0.29) is 5.60 Å². The molecule has 2 aliphatic rings. The number of ether oxygens (including phenoxy) is 1. The minimum absolute atomic E-state index is 0.164. The number of fused-ring (bicyclic) bond motifs is 1. The van der Waals surface area contributed by atoms with Gasteiger partial charge in [0.2, 0.25) is 0 Å². The lowest BCUT2D eigenvalue weighted by molar-refractivity contribution is -0.200. The van der Waals surface area contributed by atoms with Crippen molar-refractivity contribution in [1.29, 1.82) is 0 Å². The van der Waals surface area contributed by atoms with Crippen molar-refractivity contribution < 1.29 is 4.74 Å². The van der Waals surface area contributed by atoms with Crippen LogP contribution in [0.25, 0.3) is 0 Å². The molecule has 15 heavy (non-hydrogen) atoms. The van der Waals surface area contributed by atoms with Crippen molar-refractivity contribution >= 4 is 0 Å². The first-order chi connectivity index (χ1) is 6.75. The molecule has 1 aliphatic carbocycles. The first-order valence-corrected chi connectivity index (χ1v) is 6.39.